The summed E-state index contributed by atoms with van der Waals surface area (Å²) in [4.78, 5) is 0. The average Bonchev–Trinajstić information content (AvgIpc) is 2.49. The van der Waals surface area contributed by atoms with Crippen LogP contribution in [0.3, 0.4) is 0 Å². The first kappa shape index (κ1) is 22.8. The zero-order valence-electron chi connectivity index (χ0n) is 17.2. The molecule has 0 radical (unpaired) electrons. The van der Waals surface area contributed by atoms with E-state index in [0.29, 0.717) is 13.2 Å². The molecule has 1 aliphatic rings. The monoisotopic (exact) mass is 362 g/mol. The van der Waals surface area contributed by atoms with E-state index >= 15 is 0 Å². The molecule has 0 unspecified atom stereocenters. The second kappa shape index (κ2) is 11.5. The standard InChI is InChI=1S/C19H38O6/c1-12(2)20-9-16-19(25-15(7)8)18(23-11-22-16)17(24-14(5)6)10-21-13(3)4/h12-19H,9-11H2,1-8H3/t16-,17+,18+,19+/m0/s1. The van der Waals surface area contributed by atoms with Gasteiger partial charge in [-0.1, -0.05) is 0 Å². The van der Waals surface area contributed by atoms with Gasteiger partial charge >= 0.3 is 0 Å². The minimum absolute atomic E-state index is 0.0464. The summed E-state index contributed by atoms with van der Waals surface area (Å²) in [5.74, 6) is 0. The predicted molar refractivity (Wildman–Crippen MR) is 96.8 cm³/mol. The molecule has 1 aliphatic heterocycles. The fourth-order valence-corrected chi connectivity index (χ4v) is 2.68. The van der Waals surface area contributed by atoms with Crippen LogP contribution in [0.5, 0.6) is 0 Å². The topological polar surface area (TPSA) is 55.4 Å². The van der Waals surface area contributed by atoms with Crippen molar-refractivity contribution >= 4 is 0 Å². The van der Waals surface area contributed by atoms with Crippen LogP contribution in [0.4, 0.5) is 0 Å². The molecule has 1 rings (SSSR count). The van der Waals surface area contributed by atoms with Gasteiger partial charge in [0.25, 0.3) is 0 Å². The van der Waals surface area contributed by atoms with Crippen LogP contribution in [0.25, 0.3) is 0 Å². The van der Waals surface area contributed by atoms with E-state index in [1.165, 1.54) is 0 Å². The maximum atomic E-state index is 6.15. The lowest BCUT2D eigenvalue weighted by molar-refractivity contribution is -0.288. The maximum absolute atomic E-state index is 6.15. The number of ether oxygens (including phenoxy) is 6. The molecule has 0 bridgehead atoms. The molecule has 1 fully saturated rings. The lowest BCUT2D eigenvalue weighted by atomic mass is 10.0. The highest BCUT2D eigenvalue weighted by atomic mass is 16.7. The fraction of sp³-hybridized carbons (Fsp3) is 1.00. The first-order valence-corrected chi connectivity index (χ1v) is 9.48. The van der Waals surface area contributed by atoms with Gasteiger partial charge in [0.2, 0.25) is 0 Å². The summed E-state index contributed by atoms with van der Waals surface area (Å²) in [6.07, 6.45) is -0.580. The van der Waals surface area contributed by atoms with Crippen molar-refractivity contribution in [3.8, 4) is 0 Å². The van der Waals surface area contributed by atoms with E-state index in [1.807, 2.05) is 55.4 Å². The Labute approximate surface area is 153 Å². The predicted octanol–water partition coefficient (Wildman–Crippen LogP) is 3.17. The van der Waals surface area contributed by atoms with Gasteiger partial charge in [-0.15, -0.1) is 0 Å². The van der Waals surface area contributed by atoms with Gasteiger partial charge in [-0.25, -0.2) is 0 Å². The van der Waals surface area contributed by atoms with Crippen LogP contribution in [0.2, 0.25) is 0 Å². The summed E-state index contributed by atoms with van der Waals surface area (Å²) in [5.41, 5.74) is 0. The van der Waals surface area contributed by atoms with Crippen LogP contribution in [0.1, 0.15) is 55.4 Å². The molecule has 0 N–H and O–H groups in total. The highest BCUT2D eigenvalue weighted by Crippen LogP contribution is 2.25. The van der Waals surface area contributed by atoms with Crippen LogP contribution in [-0.2, 0) is 28.4 Å². The van der Waals surface area contributed by atoms with Crippen LogP contribution < -0.4 is 0 Å². The molecule has 25 heavy (non-hydrogen) atoms. The van der Waals surface area contributed by atoms with E-state index in [0.717, 1.165) is 0 Å². The molecular weight excluding hydrogens is 324 g/mol. The van der Waals surface area contributed by atoms with Crippen LogP contribution in [0.15, 0.2) is 0 Å². The van der Waals surface area contributed by atoms with Gasteiger partial charge in [0.15, 0.2) is 0 Å². The van der Waals surface area contributed by atoms with E-state index in [1.54, 1.807) is 0 Å². The Bertz CT molecular complexity index is 345. The molecule has 6 nitrogen and oxygen atoms in total. The number of hydrogen-bond donors (Lipinski definition) is 0. The third-order valence-electron chi connectivity index (χ3n) is 3.66. The Balaban J connectivity index is 2.89. The number of hydrogen-bond acceptors (Lipinski definition) is 6. The molecule has 0 aromatic rings. The maximum Gasteiger partial charge on any atom is 0.147 e. The van der Waals surface area contributed by atoms with Gasteiger partial charge < -0.3 is 28.4 Å². The van der Waals surface area contributed by atoms with Crippen molar-refractivity contribution < 1.29 is 28.4 Å². The lowest BCUT2D eigenvalue weighted by Gasteiger charge is -2.42. The quantitative estimate of drug-likeness (QED) is 0.563. The molecule has 0 saturated carbocycles. The molecule has 6 heteroatoms. The summed E-state index contributed by atoms with van der Waals surface area (Å²) in [7, 11) is 0. The largest absolute Gasteiger partial charge is 0.376 e. The Morgan fingerprint density at radius 2 is 1.44 bits per heavy atom. The van der Waals surface area contributed by atoms with E-state index in [-0.39, 0.29) is 55.6 Å². The number of rotatable bonds is 11. The van der Waals surface area contributed by atoms with Crippen molar-refractivity contribution in [1.29, 1.82) is 0 Å². The summed E-state index contributed by atoms with van der Waals surface area (Å²) < 4.78 is 35.5. The third kappa shape index (κ3) is 8.80. The van der Waals surface area contributed by atoms with Crippen molar-refractivity contribution in [2.75, 3.05) is 20.0 Å². The molecule has 0 aromatic heterocycles. The molecule has 4 atom stereocenters. The highest BCUT2D eigenvalue weighted by Gasteiger charge is 2.42. The van der Waals surface area contributed by atoms with E-state index in [2.05, 4.69) is 0 Å². The summed E-state index contributed by atoms with van der Waals surface area (Å²) in [6, 6.07) is 0. The first-order valence-electron chi connectivity index (χ1n) is 9.48. The van der Waals surface area contributed by atoms with E-state index in [4.69, 9.17) is 28.4 Å². The lowest BCUT2D eigenvalue weighted by Crippen LogP contribution is -2.57. The Morgan fingerprint density at radius 3 is 1.96 bits per heavy atom. The van der Waals surface area contributed by atoms with Crippen LogP contribution in [-0.4, -0.2) is 68.8 Å². The SMILES string of the molecule is CC(C)OC[C@@H]1OCO[C@H]([C@@H](COC(C)C)OC(C)C)[C@@H]1OC(C)C. The smallest absolute Gasteiger partial charge is 0.147 e. The molecular formula is C19H38O6. The van der Waals surface area contributed by atoms with Gasteiger partial charge in [-0.3, -0.25) is 0 Å². The summed E-state index contributed by atoms with van der Waals surface area (Å²) >= 11 is 0. The molecule has 0 amide bonds. The summed E-state index contributed by atoms with van der Waals surface area (Å²) in [5, 5.41) is 0. The minimum Gasteiger partial charge on any atom is -0.376 e. The van der Waals surface area contributed by atoms with Crippen LogP contribution in [0, 0.1) is 0 Å². The normalized spacial score (nSPS) is 26.2. The van der Waals surface area contributed by atoms with E-state index in [9.17, 15) is 0 Å². The Kier molecular flexibility index (Phi) is 10.5. The van der Waals surface area contributed by atoms with Crippen molar-refractivity contribution in [3.05, 3.63) is 0 Å². The van der Waals surface area contributed by atoms with Crippen molar-refractivity contribution in [2.24, 2.45) is 0 Å². The van der Waals surface area contributed by atoms with Crippen molar-refractivity contribution in [2.45, 2.75) is 104 Å². The molecule has 0 aliphatic carbocycles. The molecule has 1 saturated heterocycles. The highest BCUT2D eigenvalue weighted by molar-refractivity contribution is 4.88. The molecule has 1 heterocycles. The molecule has 0 aromatic carbocycles. The first-order chi connectivity index (χ1) is 11.7. The minimum atomic E-state index is -0.271. The average molecular weight is 363 g/mol. The zero-order chi connectivity index (χ0) is 19.0. The Hall–Kier alpha value is -0.240. The third-order valence-corrected chi connectivity index (χ3v) is 3.66. The summed E-state index contributed by atoms with van der Waals surface area (Å²) in [6.45, 7) is 17.2. The van der Waals surface area contributed by atoms with Crippen molar-refractivity contribution in [1.82, 2.24) is 0 Å². The van der Waals surface area contributed by atoms with Gasteiger partial charge in [-0.05, 0) is 55.4 Å². The van der Waals surface area contributed by atoms with Gasteiger partial charge in [0, 0.05) is 0 Å². The van der Waals surface area contributed by atoms with Gasteiger partial charge in [0.1, 0.15) is 31.2 Å². The molecule has 150 valence electrons. The van der Waals surface area contributed by atoms with Crippen molar-refractivity contribution in [3.63, 3.8) is 0 Å². The molecule has 0 spiro atoms. The zero-order valence-corrected chi connectivity index (χ0v) is 17.2. The van der Waals surface area contributed by atoms with Gasteiger partial charge in [-0.2, -0.15) is 0 Å². The fourth-order valence-electron chi connectivity index (χ4n) is 2.68. The second-order valence-electron chi connectivity index (χ2n) is 7.59. The Morgan fingerprint density at radius 1 is 0.800 bits per heavy atom. The van der Waals surface area contributed by atoms with Crippen LogP contribution >= 0.6 is 0 Å². The van der Waals surface area contributed by atoms with Gasteiger partial charge in [0.05, 0.1) is 37.6 Å². The van der Waals surface area contributed by atoms with E-state index < -0.39 is 0 Å². The second-order valence-corrected chi connectivity index (χ2v) is 7.59.